The molecule has 5 nitrogen and oxygen atoms in total. The molecule has 198 valence electrons. The number of methoxy groups -OCH3 is 1. The molecule has 0 aromatic heterocycles. The van der Waals surface area contributed by atoms with Gasteiger partial charge < -0.3 is 18.9 Å². The summed E-state index contributed by atoms with van der Waals surface area (Å²) >= 11 is 0. The molecule has 4 aliphatic rings. The lowest BCUT2D eigenvalue weighted by molar-refractivity contribution is -0.150. The van der Waals surface area contributed by atoms with Gasteiger partial charge in [0.05, 0.1) is 6.61 Å². The number of hydrogen-bond acceptors (Lipinski definition) is 5. The van der Waals surface area contributed by atoms with E-state index in [1.54, 1.807) is 7.11 Å². The van der Waals surface area contributed by atoms with Crippen molar-refractivity contribution in [1.29, 1.82) is 0 Å². The highest BCUT2D eigenvalue weighted by molar-refractivity contribution is 5.88. The summed E-state index contributed by atoms with van der Waals surface area (Å²) in [6.07, 6.45) is 13.3. The Labute approximate surface area is 220 Å². The van der Waals surface area contributed by atoms with Gasteiger partial charge in [0, 0.05) is 18.7 Å². The van der Waals surface area contributed by atoms with Gasteiger partial charge in [-0.15, -0.1) is 0 Å². The first kappa shape index (κ1) is 26.0. The van der Waals surface area contributed by atoms with E-state index in [0.717, 1.165) is 40.0 Å². The SMILES string of the molecule is CCOC(=O)/C=C(C)/C=C/c1ccc2cc(OCOC(C)OC)c(C34CC5CC(CC(C5)C3)C4)cc2c1. The third-order valence-electron chi connectivity index (χ3n) is 8.59. The molecule has 4 aliphatic carbocycles. The third-order valence-corrected chi connectivity index (χ3v) is 8.59. The average Bonchev–Trinajstić information content (AvgIpc) is 2.86. The van der Waals surface area contributed by atoms with Gasteiger partial charge in [0.2, 0.25) is 0 Å². The van der Waals surface area contributed by atoms with Crippen LogP contribution in [0.3, 0.4) is 0 Å². The fourth-order valence-electron chi connectivity index (χ4n) is 7.28. The molecule has 1 unspecified atom stereocenters. The van der Waals surface area contributed by atoms with Crippen LogP contribution in [0.5, 0.6) is 5.75 Å². The van der Waals surface area contributed by atoms with Crippen LogP contribution < -0.4 is 4.74 Å². The maximum atomic E-state index is 11.7. The summed E-state index contributed by atoms with van der Waals surface area (Å²) in [4.78, 5) is 11.7. The van der Waals surface area contributed by atoms with Gasteiger partial charge in [-0.25, -0.2) is 4.79 Å². The number of benzene rings is 2. The van der Waals surface area contributed by atoms with E-state index < -0.39 is 0 Å². The first-order chi connectivity index (χ1) is 17.9. The van der Waals surface area contributed by atoms with Crippen LogP contribution in [0.2, 0.25) is 0 Å². The first-order valence-corrected chi connectivity index (χ1v) is 13.8. The zero-order chi connectivity index (χ0) is 26.0. The van der Waals surface area contributed by atoms with Gasteiger partial charge in [-0.05, 0) is 123 Å². The average molecular weight is 505 g/mol. The molecule has 5 heteroatoms. The fourth-order valence-corrected chi connectivity index (χ4v) is 7.28. The highest BCUT2D eigenvalue weighted by Crippen LogP contribution is 2.62. The van der Waals surface area contributed by atoms with Crippen molar-refractivity contribution in [2.75, 3.05) is 20.5 Å². The monoisotopic (exact) mass is 504 g/mol. The number of hydrogen-bond donors (Lipinski definition) is 0. The number of fused-ring (bicyclic) bond motifs is 1. The molecule has 2 aromatic carbocycles. The molecule has 4 bridgehead atoms. The molecular formula is C32H40O5. The van der Waals surface area contributed by atoms with Crippen molar-refractivity contribution in [3.8, 4) is 5.75 Å². The predicted octanol–water partition coefficient (Wildman–Crippen LogP) is 7.18. The number of rotatable bonds is 10. The minimum Gasteiger partial charge on any atom is -0.467 e. The molecular weight excluding hydrogens is 464 g/mol. The maximum Gasteiger partial charge on any atom is 0.330 e. The van der Waals surface area contributed by atoms with Crippen molar-refractivity contribution in [2.45, 2.75) is 71.0 Å². The standard InChI is InChI=1S/C32H40O5/c1-5-35-31(33)10-21(2)6-7-23-8-9-27-16-30(37-20-36-22(3)34-4)29(15-28(27)14-23)32-17-24-11-25(18-32)13-26(12-24)19-32/h6-10,14-16,22,24-26H,5,11-13,17-20H2,1-4H3/b7-6+,21-10+. The van der Waals surface area contributed by atoms with Crippen molar-refractivity contribution in [1.82, 2.24) is 0 Å². The van der Waals surface area contributed by atoms with Gasteiger partial charge in [0.15, 0.2) is 13.1 Å². The van der Waals surface area contributed by atoms with E-state index >= 15 is 0 Å². The Morgan fingerprint density at radius 2 is 1.76 bits per heavy atom. The van der Waals surface area contributed by atoms with E-state index in [2.05, 4.69) is 36.4 Å². The van der Waals surface area contributed by atoms with E-state index in [1.807, 2.05) is 26.8 Å². The quantitative estimate of drug-likeness (QED) is 0.149. The van der Waals surface area contributed by atoms with Crippen LogP contribution in [0, 0.1) is 17.8 Å². The van der Waals surface area contributed by atoms with Crippen molar-refractivity contribution < 1.29 is 23.7 Å². The molecule has 6 rings (SSSR count). The van der Waals surface area contributed by atoms with Crippen molar-refractivity contribution in [2.24, 2.45) is 17.8 Å². The molecule has 0 radical (unpaired) electrons. The highest BCUT2D eigenvalue weighted by atomic mass is 16.7. The zero-order valence-electron chi connectivity index (χ0n) is 22.6. The molecule has 1 atom stereocenters. The number of carbonyl (C=O) groups is 1. The summed E-state index contributed by atoms with van der Waals surface area (Å²) in [5.74, 6) is 3.20. The molecule has 0 aliphatic heterocycles. The minimum atomic E-state index is -0.306. The fraction of sp³-hybridized carbons (Fsp3) is 0.531. The smallest absolute Gasteiger partial charge is 0.330 e. The van der Waals surface area contributed by atoms with Crippen LogP contribution in [-0.2, 0) is 24.4 Å². The van der Waals surface area contributed by atoms with Gasteiger partial charge >= 0.3 is 5.97 Å². The number of allylic oxidation sites excluding steroid dienone is 2. The zero-order valence-corrected chi connectivity index (χ0v) is 22.6. The molecule has 0 N–H and O–H groups in total. The molecule has 37 heavy (non-hydrogen) atoms. The Morgan fingerprint density at radius 1 is 1.05 bits per heavy atom. The van der Waals surface area contributed by atoms with Crippen molar-refractivity contribution >= 4 is 22.8 Å². The summed E-state index contributed by atoms with van der Waals surface area (Å²) in [6, 6.07) is 11.1. The lowest BCUT2D eigenvalue weighted by atomic mass is 9.48. The van der Waals surface area contributed by atoms with E-state index in [1.165, 1.54) is 55.6 Å². The Balaban J connectivity index is 1.47. The summed E-state index contributed by atoms with van der Waals surface area (Å²) in [5.41, 5.74) is 3.52. The molecule has 0 amide bonds. The molecule has 0 spiro atoms. The van der Waals surface area contributed by atoms with Crippen LogP contribution >= 0.6 is 0 Å². The van der Waals surface area contributed by atoms with Gasteiger partial charge in [-0.1, -0.05) is 24.3 Å². The lowest BCUT2D eigenvalue weighted by Crippen LogP contribution is -2.48. The van der Waals surface area contributed by atoms with Crippen LogP contribution in [0.25, 0.3) is 16.8 Å². The molecule has 0 saturated heterocycles. The third kappa shape index (κ3) is 5.78. The highest BCUT2D eigenvalue weighted by Gasteiger charge is 2.52. The number of esters is 1. The first-order valence-electron chi connectivity index (χ1n) is 13.8. The molecule has 0 heterocycles. The van der Waals surface area contributed by atoms with E-state index in [9.17, 15) is 4.79 Å². The van der Waals surface area contributed by atoms with Crippen molar-refractivity contribution in [3.05, 3.63) is 59.2 Å². The Kier molecular flexibility index (Phi) is 7.73. The topological polar surface area (TPSA) is 54.0 Å². The van der Waals surface area contributed by atoms with Crippen molar-refractivity contribution in [3.63, 3.8) is 0 Å². The molecule has 2 aromatic rings. The molecule has 4 saturated carbocycles. The Bertz CT molecular complexity index is 1160. The van der Waals surface area contributed by atoms with Crippen LogP contribution in [0.4, 0.5) is 0 Å². The maximum absolute atomic E-state index is 11.7. The second kappa shape index (κ2) is 11.0. The Morgan fingerprint density at radius 3 is 2.41 bits per heavy atom. The summed E-state index contributed by atoms with van der Waals surface area (Å²) in [7, 11) is 1.64. The number of ether oxygens (including phenoxy) is 4. The van der Waals surface area contributed by atoms with Crippen LogP contribution in [0.1, 0.15) is 70.4 Å². The molecule has 4 fully saturated rings. The van der Waals surface area contributed by atoms with Crippen LogP contribution in [0.15, 0.2) is 48.1 Å². The summed E-state index contributed by atoms with van der Waals surface area (Å²) in [6.45, 7) is 6.16. The normalized spacial score (nSPS) is 27.7. The predicted molar refractivity (Wildman–Crippen MR) is 146 cm³/mol. The Hall–Kier alpha value is -2.63. The summed E-state index contributed by atoms with van der Waals surface area (Å²) < 4.78 is 22.3. The summed E-state index contributed by atoms with van der Waals surface area (Å²) in [5, 5.41) is 2.37. The van der Waals surface area contributed by atoms with Gasteiger partial charge in [0.25, 0.3) is 0 Å². The number of carbonyl (C=O) groups excluding carboxylic acids is 1. The van der Waals surface area contributed by atoms with Crippen LogP contribution in [-0.4, -0.2) is 32.8 Å². The van der Waals surface area contributed by atoms with Gasteiger partial charge in [-0.3, -0.25) is 0 Å². The second-order valence-corrected chi connectivity index (χ2v) is 11.4. The lowest BCUT2D eigenvalue weighted by Gasteiger charge is -2.57. The largest absolute Gasteiger partial charge is 0.467 e. The van der Waals surface area contributed by atoms with E-state index in [4.69, 9.17) is 18.9 Å². The van der Waals surface area contributed by atoms with E-state index in [0.29, 0.717) is 6.61 Å². The van der Waals surface area contributed by atoms with Gasteiger partial charge in [0.1, 0.15) is 5.75 Å². The van der Waals surface area contributed by atoms with Gasteiger partial charge in [-0.2, -0.15) is 0 Å². The van der Waals surface area contributed by atoms with E-state index in [-0.39, 0.29) is 24.5 Å². The second-order valence-electron chi connectivity index (χ2n) is 11.4. The minimum absolute atomic E-state index is 0.173.